The molecule has 1 aromatic heterocycles. The number of halogens is 3. The van der Waals surface area contributed by atoms with Gasteiger partial charge in [-0.15, -0.1) is 0 Å². The van der Waals surface area contributed by atoms with Crippen LogP contribution in [0.15, 0.2) is 43.0 Å². The van der Waals surface area contributed by atoms with Gasteiger partial charge >= 0.3 is 42.1 Å². The molecule has 2 aliphatic heterocycles. The van der Waals surface area contributed by atoms with Crippen LogP contribution in [0, 0.1) is 13.3 Å². The van der Waals surface area contributed by atoms with Crippen LogP contribution in [0.3, 0.4) is 0 Å². The Kier molecular flexibility index (Phi) is 10.7. The van der Waals surface area contributed by atoms with E-state index in [9.17, 15) is 0 Å². The van der Waals surface area contributed by atoms with Crippen LogP contribution in [-0.2, 0) is 26.1 Å². The number of hydrogen-bond donors (Lipinski definition) is 2. The van der Waals surface area contributed by atoms with Gasteiger partial charge in [-0.3, -0.25) is 4.98 Å². The number of aliphatic hydroxyl groups excluding tert-OH is 2. The van der Waals surface area contributed by atoms with Gasteiger partial charge in [0, 0.05) is 26.2 Å². The van der Waals surface area contributed by atoms with E-state index in [-0.39, 0.29) is 13.2 Å². The molecule has 28 heavy (non-hydrogen) atoms. The molecule has 0 saturated heterocycles. The Morgan fingerprint density at radius 2 is 1.18 bits per heavy atom. The van der Waals surface area contributed by atoms with Gasteiger partial charge in [-0.1, -0.05) is 6.07 Å². The summed E-state index contributed by atoms with van der Waals surface area (Å²) in [5, 5.41) is 17.9. The van der Waals surface area contributed by atoms with E-state index in [4.69, 9.17) is 44.3 Å². The van der Waals surface area contributed by atoms with Crippen molar-refractivity contribution in [3.05, 3.63) is 67.7 Å². The van der Waals surface area contributed by atoms with Crippen molar-refractivity contribution in [1.82, 2.24) is 24.6 Å². The molecule has 0 aliphatic carbocycles. The van der Waals surface area contributed by atoms with Gasteiger partial charge in [-0.05, 0) is 36.9 Å². The van der Waals surface area contributed by atoms with Crippen LogP contribution in [0.2, 0.25) is 0 Å². The monoisotopic (exact) mass is 537 g/mol. The van der Waals surface area contributed by atoms with E-state index in [1.54, 1.807) is 0 Å². The molecule has 3 heterocycles. The third-order valence-corrected chi connectivity index (χ3v) is 3.76. The normalized spacial score (nSPS) is 16.0. The van der Waals surface area contributed by atoms with Crippen LogP contribution in [0.1, 0.15) is 11.4 Å². The van der Waals surface area contributed by atoms with Crippen molar-refractivity contribution < 1.29 is 23.2 Å². The third kappa shape index (κ3) is 8.72. The fraction of sp³-hybridized carbons (Fsp3) is 0.353. The van der Waals surface area contributed by atoms with E-state index in [0.29, 0.717) is 26.2 Å². The van der Waals surface area contributed by atoms with Gasteiger partial charge in [-0.2, -0.15) is 13.3 Å². The summed E-state index contributed by atoms with van der Waals surface area (Å²) in [5.74, 6) is 0. The van der Waals surface area contributed by atoms with Gasteiger partial charge in [-0.25, -0.2) is 0 Å². The number of nitrogens with zero attached hydrogens (tertiary/aromatic N) is 5. The Morgan fingerprint density at radius 1 is 0.786 bits per heavy atom. The molecular formula is C17H23Cl3N5O2Rh-2. The van der Waals surface area contributed by atoms with Crippen LogP contribution in [-0.4, -0.2) is 61.1 Å². The summed E-state index contributed by atoms with van der Waals surface area (Å²) >= 11 is -1.66. The number of aromatic nitrogens is 1. The van der Waals surface area contributed by atoms with Crippen molar-refractivity contribution in [3.63, 3.8) is 0 Å². The second-order valence-corrected chi connectivity index (χ2v) is 13.3. The van der Waals surface area contributed by atoms with E-state index >= 15 is 0 Å². The molecule has 0 amide bonds. The third-order valence-electron chi connectivity index (χ3n) is 3.76. The Bertz CT molecular complexity index is 603. The molecule has 11 heteroatoms. The minimum absolute atomic E-state index is 0.134. The Hall–Kier alpha value is -0.757. The summed E-state index contributed by atoms with van der Waals surface area (Å²) < 4.78 is 0. The fourth-order valence-corrected chi connectivity index (χ4v) is 2.64. The number of aliphatic hydroxyl groups is 2. The maximum absolute atomic E-state index is 8.97. The predicted octanol–water partition coefficient (Wildman–Crippen LogP) is 2.55. The van der Waals surface area contributed by atoms with Gasteiger partial charge in [0.2, 0.25) is 0 Å². The molecule has 0 bridgehead atoms. The van der Waals surface area contributed by atoms with Crippen LogP contribution >= 0.6 is 29.1 Å². The van der Waals surface area contributed by atoms with E-state index in [1.165, 1.54) is 0 Å². The second-order valence-electron chi connectivity index (χ2n) is 5.86. The van der Waals surface area contributed by atoms with Gasteiger partial charge in [0.1, 0.15) is 0 Å². The summed E-state index contributed by atoms with van der Waals surface area (Å²) in [7, 11) is 14.8. The van der Waals surface area contributed by atoms with Crippen LogP contribution in [0.25, 0.3) is 0 Å². The Balaban J connectivity index is 0.000000640. The first kappa shape index (κ1) is 23.5. The zero-order chi connectivity index (χ0) is 20.4. The van der Waals surface area contributed by atoms with Gasteiger partial charge in [0.05, 0.1) is 24.6 Å². The molecule has 2 N–H and O–H groups in total. The number of β-amino-alcohol motifs (C(OH)–C–C–N with tert-alkyl or cyclic N) is 2. The molecule has 0 aromatic carbocycles. The number of pyridine rings is 1. The van der Waals surface area contributed by atoms with E-state index in [1.807, 2.05) is 75.9 Å². The molecular weight excluding hydrogens is 515 g/mol. The Morgan fingerprint density at radius 3 is 1.57 bits per heavy atom. The van der Waals surface area contributed by atoms with Crippen LogP contribution < -0.4 is 0 Å². The summed E-state index contributed by atoms with van der Waals surface area (Å²) in [4.78, 5) is 12.7. The molecule has 0 spiro atoms. The molecule has 160 valence electrons. The predicted molar refractivity (Wildman–Crippen MR) is 107 cm³/mol. The molecule has 0 unspecified atom stereocenters. The summed E-state index contributed by atoms with van der Waals surface area (Å²) in [6.45, 7) is 6.79. The fourth-order valence-electron chi connectivity index (χ4n) is 2.64. The van der Waals surface area contributed by atoms with Crippen molar-refractivity contribution in [2.75, 3.05) is 26.3 Å². The Labute approximate surface area is 183 Å². The molecule has 0 radical (unpaired) electrons. The zero-order valence-corrected chi connectivity index (χ0v) is 18.9. The quantitative estimate of drug-likeness (QED) is 0.390. The number of rotatable bonds is 8. The van der Waals surface area contributed by atoms with Crippen LogP contribution in [0.5, 0.6) is 0 Å². The summed E-state index contributed by atoms with van der Waals surface area (Å²) in [6.07, 6.45) is 7.85. The standard InChI is InChI=1S/C17H23N5O2.3ClH.Rh/c23-10-8-19-4-6-21(14-19)12-16-2-1-3-17(18-16)13-22-7-5-20(15-22)9-11-24;;;;/h1-7,14-15,23-24H,8-13H2;3*1H;/q-2;;;;+3/p-3. The van der Waals surface area contributed by atoms with Crippen molar-refractivity contribution >= 4 is 29.1 Å². The average molecular weight is 539 g/mol. The van der Waals surface area contributed by atoms with Gasteiger partial charge in [0.25, 0.3) is 0 Å². The molecule has 7 nitrogen and oxygen atoms in total. The maximum atomic E-state index is 8.97. The summed E-state index contributed by atoms with van der Waals surface area (Å²) in [6, 6.07) is 6.05. The minimum atomic E-state index is -1.66. The van der Waals surface area contributed by atoms with Crippen molar-refractivity contribution in [2.24, 2.45) is 0 Å². The number of hydrogen-bond acceptors (Lipinski definition) is 7. The van der Waals surface area contributed by atoms with Gasteiger partial charge < -0.3 is 29.8 Å². The molecule has 0 saturated carbocycles. The first-order valence-electron chi connectivity index (χ1n) is 8.41. The SMILES string of the molecule is OCCN1C=CN(Cc2cccc(CN3C=CN(CCO)[CH-]3)n2)[CH-]1.[Cl][Rh]([Cl])[Cl]. The second kappa shape index (κ2) is 12.7. The van der Waals surface area contributed by atoms with Crippen molar-refractivity contribution in [3.8, 4) is 0 Å². The molecule has 0 atom stereocenters. The summed E-state index contributed by atoms with van der Waals surface area (Å²) in [5.41, 5.74) is 1.99. The van der Waals surface area contributed by atoms with Gasteiger partial charge in [0.15, 0.2) is 0 Å². The van der Waals surface area contributed by atoms with Crippen molar-refractivity contribution in [2.45, 2.75) is 13.1 Å². The average Bonchev–Trinajstić information content (AvgIpc) is 3.25. The molecule has 0 fully saturated rings. The zero-order valence-electron chi connectivity index (χ0n) is 15.0. The van der Waals surface area contributed by atoms with Crippen LogP contribution in [0.4, 0.5) is 0 Å². The molecule has 1 aromatic rings. The topological polar surface area (TPSA) is 66.3 Å². The molecule has 3 rings (SSSR count). The van der Waals surface area contributed by atoms with Crippen molar-refractivity contribution in [1.29, 1.82) is 0 Å². The molecule has 2 aliphatic rings. The first-order valence-corrected chi connectivity index (χ1v) is 14.7. The first-order chi connectivity index (χ1) is 13.5. The van der Waals surface area contributed by atoms with E-state index in [0.717, 1.165) is 11.4 Å². The van der Waals surface area contributed by atoms with E-state index in [2.05, 4.69) is 0 Å². The van der Waals surface area contributed by atoms with E-state index < -0.39 is 13.0 Å².